The molecule has 2 aliphatic heterocycles. The molecule has 16 heteroatoms. The average Bonchev–Trinajstić information content (AvgIpc) is 3.43. The van der Waals surface area contributed by atoms with Crippen LogP contribution in [0, 0.1) is 23.2 Å². The van der Waals surface area contributed by atoms with Crippen LogP contribution in [0.1, 0.15) is 12.8 Å². The van der Waals surface area contributed by atoms with E-state index < -0.39 is 10.4 Å². The van der Waals surface area contributed by atoms with Gasteiger partial charge in [-0.25, -0.2) is 0 Å². The molecule has 2 fully saturated rings. The molecule has 36 heavy (non-hydrogen) atoms. The van der Waals surface area contributed by atoms with Crippen LogP contribution in [-0.4, -0.2) is 59.6 Å². The second kappa shape index (κ2) is 13.4. The first-order valence-electron chi connectivity index (χ1n) is 10.3. The second-order valence-electron chi connectivity index (χ2n) is 7.75. The Balaban J connectivity index is 0.000000215. The fourth-order valence-electron chi connectivity index (χ4n) is 3.68. The Hall–Kier alpha value is -2.11. The number of carbonyl (C=O) groups is 1. The Morgan fingerprint density at radius 2 is 1.31 bits per heavy atom. The summed E-state index contributed by atoms with van der Waals surface area (Å²) in [5.41, 5.74) is 6.81. The van der Waals surface area contributed by atoms with Crippen LogP contribution < -0.4 is 15.5 Å². The van der Waals surface area contributed by atoms with E-state index in [4.69, 9.17) is 74.9 Å². The van der Waals surface area contributed by atoms with Gasteiger partial charge in [0.05, 0.1) is 49.4 Å². The summed E-state index contributed by atoms with van der Waals surface area (Å²) >= 11 is 24.1. The van der Waals surface area contributed by atoms with Crippen LogP contribution in [0.4, 0.5) is 11.4 Å². The summed E-state index contributed by atoms with van der Waals surface area (Å²) in [4.78, 5) is 22.9. The van der Waals surface area contributed by atoms with E-state index in [1.807, 2.05) is 9.80 Å². The maximum absolute atomic E-state index is 11.1. The number of anilines is 2. The van der Waals surface area contributed by atoms with Crippen molar-refractivity contribution in [3.05, 3.63) is 44.9 Å². The Bertz CT molecular complexity index is 1180. The van der Waals surface area contributed by atoms with Gasteiger partial charge in [-0.3, -0.25) is 23.9 Å². The van der Waals surface area contributed by atoms with E-state index in [1.165, 1.54) is 0 Å². The molecule has 0 radical (unpaired) electrons. The lowest BCUT2D eigenvalue weighted by Gasteiger charge is -2.20. The summed E-state index contributed by atoms with van der Waals surface area (Å²) < 4.78 is 31.6. The van der Waals surface area contributed by atoms with Crippen LogP contribution in [0.2, 0.25) is 20.1 Å². The Labute approximate surface area is 228 Å². The van der Waals surface area contributed by atoms with Gasteiger partial charge in [0.15, 0.2) is 0 Å². The number of hydrogen-bond donors (Lipinski definition) is 3. The van der Waals surface area contributed by atoms with Gasteiger partial charge in [-0.05, 0) is 12.8 Å². The maximum Gasteiger partial charge on any atom is 0.394 e. The Kier molecular flexibility index (Phi) is 11.2. The number of halogens is 4. The minimum atomic E-state index is -4.67. The maximum atomic E-state index is 11.1. The highest BCUT2D eigenvalue weighted by atomic mass is 35.5. The van der Waals surface area contributed by atoms with E-state index in [9.17, 15) is 4.79 Å². The molecule has 2 unspecified atom stereocenters. The summed E-state index contributed by atoms with van der Waals surface area (Å²) in [5, 5.41) is 10.9. The molecule has 0 spiro atoms. The molecule has 2 aliphatic rings. The van der Waals surface area contributed by atoms with Gasteiger partial charge in [-0.2, -0.15) is 13.7 Å². The lowest BCUT2D eigenvalue weighted by molar-refractivity contribution is -0.121. The number of amides is 1. The SMILES string of the molecule is N#CC1CCN(c2c(Cl)cncc2Cl)C1.NC(=O)C1CCN(c2c(Cl)cncc2Cl)C1.O=S(=O)(O)O. The molecule has 0 bridgehead atoms. The molecule has 196 valence electrons. The number of nitrogens with two attached hydrogens (primary N) is 1. The van der Waals surface area contributed by atoms with E-state index in [1.54, 1.807) is 24.8 Å². The molecule has 1 amide bonds. The minimum Gasteiger partial charge on any atom is -0.369 e. The molecule has 4 N–H and O–H groups in total. The molecule has 2 aromatic rings. The highest BCUT2D eigenvalue weighted by molar-refractivity contribution is 7.79. The van der Waals surface area contributed by atoms with Crippen LogP contribution >= 0.6 is 46.4 Å². The van der Waals surface area contributed by atoms with Gasteiger partial charge >= 0.3 is 10.4 Å². The molecule has 2 atom stereocenters. The number of nitriles is 1. The molecule has 2 saturated heterocycles. The van der Waals surface area contributed by atoms with Crippen molar-refractivity contribution in [3.8, 4) is 6.07 Å². The van der Waals surface area contributed by atoms with Crippen LogP contribution in [0.3, 0.4) is 0 Å². The zero-order valence-corrected chi connectivity index (χ0v) is 22.4. The zero-order chi connectivity index (χ0) is 27.0. The zero-order valence-electron chi connectivity index (χ0n) is 18.6. The molecule has 0 aliphatic carbocycles. The van der Waals surface area contributed by atoms with Crippen LogP contribution in [0.5, 0.6) is 0 Å². The molecule has 2 aromatic heterocycles. The first-order chi connectivity index (χ1) is 16.8. The topological polar surface area (TPSA) is 174 Å². The van der Waals surface area contributed by atoms with E-state index >= 15 is 0 Å². The lowest BCUT2D eigenvalue weighted by atomic mass is 10.1. The number of nitrogens with zero attached hydrogens (tertiary/aromatic N) is 5. The molecular formula is C20H22Cl4N6O5S. The number of rotatable bonds is 3. The summed E-state index contributed by atoms with van der Waals surface area (Å²) in [6.07, 6.45) is 7.83. The monoisotopic (exact) mass is 598 g/mol. The average molecular weight is 600 g/mol. The van der Waals surface area contributed by atoms with Gasteiger partial charge < -0.3 is 15.5 Å². The third kappa shape index (κ3) is 9.08. The number of aromatic nitrogens is 2. The van der Waals surface area contributed by atoms with Gasteiger partial charge in [-0.1, -0.05) is 46.4 Å². The van der Waals surface area contributed by atoms with Crippen LogP contribution in [0.25, 0.3) is 0 Å². The van der Waals surface area contributed by atoms with Crippen molar-refractivity contribution in [3.63, 3.8) is 0 Å². The molecule has 0 aromatic carbocycles. The predicted molar refractivity (Wildman–Crippen MR) is 138 cm³/mol. The highest BCUT2D eigenvalue weighted by Crippen LogP contribution is 2.36. The first-order valence-corrected chi connectivity index (χ1v) is 13.2. The quantitative estimate of drug-likeness (QED) is 0.440. The van der Waals surface area contributed by atoms with Crippen molar-refractivity contribution in [2.75, 3.05) is 36.0 Å². The van der Waals surface area contributed by atoms with Gasteiger partial charge in [-0.15, -0.1) is 0 Å². The van der Waals surface area contributed by atoms with E-state index in [0.29, 0.717) is 33.2 Å². The van der Waals surface area contributed by atoms with Crippen molar-refractivity contribution < 1.29 is 22.3 Å². The van der Waals surface area contributed by atoms with Gasteiger partial charge in [0.1, 0.15) is 0 Å². The van der Waals surface area contributed by atoms with Crippen molar-refractivity contribution in [1.82, 2.24) is 9.97 Å². The van der Waals surface area contributed by atoms with Crippen LogP contribution in [-0.2, 0) is 15.2 Å². The second-order valence-corrected chi connectivity index (χ2v) is 10.3. The standard InChI is InChI=1S/C10H11Cl2N3O.C10H9Cl2N3.H2O4S/c11-7-3-14-4-8(12)9(7)15-2-1-6(5-15)10(13)16;11-8-4-14-5-9(12)10(8)15-2-1-7(3-13)6-15;1-5(2,3)4/h3-4,6H,1-2,5H2,(H2,13,16);4-5,7H,1-2,6H2;(H2,1,2,3,4). The van der Waals surface area contributed by atoms with Gasteiger partial charge in [0, 0.05) is 51.0 Å². The summed E-state index contributed by atoms with van der Waals surface area (Å²) in [5.74, 6) is -0.325. The highest BCUT2D eigenvalue weighted by Gasteiger charge is 2.29. The van der Waals surface area contributed by atoms with Crippen molar-refractivity contribution in [2.24, 2.45) is 17.6 Å². The van der Waals surface area contributed by atoms with E-state index in [2.05, 4.69) is 16.0 Å². The normalized spacial score (nSPS) is 19.0. The Morgan fingerprint density at radius 1 is 0.917 bits per heavy atom. The molecule has 4 rings (SSSR count). The number of hydrogen-bond acceptors (Lipinski definition) is 8. The fourth-order valence-corrected chi connectivity index (χ4v) is 4.88. The van der Waals surface area contributed by atoms with E-state index in [-0.39, 0.29) is 17.7 Å². The molecule has 11 nitrogen and oxygen atoms in total. The summed E-state index contributed by atoms with van der Waals surface area (Å²) in [7, 11) is -4.67. The summed E-state index contributed by atoms with van der Waals surface area (Å²) in [6.45, 7) is 2.82. The first kappa shape index (κ1) is 30.1. The van der Waals surface area contributed by atoms with Gasteiger partial charge in [0.25, 0.3) is 0 Å². The molecule has 0 saturated carbocycles. The lowest BCUT2D eigenvalue weighted by Crippen LogP contribution is -2.27. The van der Waals surface area contributed by atoms with Crippen molar-refractivity contribution >= 4 is 74.1 Å². The number of carbonyl (C=O) groups excluding carboxylic acids is 1. The van der Waals surface area contributed by atoms with Crippen molar-refractivity contribution in [2.45, 2.75) is 12.8 Å². The molecule has 4 heterocycles. The third-order valence-corrected chi connectivity index (χ3v) is 6.36. The predicted octanol–water partition coefficient (Wildman–Crippen LogP) is 3.79. The number of primary amides is 1. The third-order valence-electron chi connectivity index (χ3n) is 5.25. The van der Waals surface area contributed by atoms with E-state index in [0.717, 1.165) is 37.3 Å². The van der Waals surface area contributed by atoms with Crippen LogP contribution in [0.15, 0.2) is 24.8 Å². The van der Waals surface area contributed by atoms with Crippen molar-refractivity contribution in [1.29, 1.82) is 5.26 Å². The Morgan fingerprint density at radius 3 is 1.64 bits per heavy atom. The van der Waals surface area contributed by atoms with Gasteiger partial charge in [0.2, 0.25) is 5.91 Å². The molecular weight excluding hydrogens is 578 g/mol. The summed E-state index contributed by atoms with van der Waals surface area (Å²) in [6, 6.07) is 2.26. The largest absolute Gasteiger partial charge is 0.394 e. The smallest absolute Gasteiger partial charge is 0.369 e. The minimum absolute atomic E-state index is 0.0744. The fraction of sp³-hybridized carbons (Fsp3) is 0.400. The number of pyridine rings is 2.